The molecule has 5 heteroatoms. The van der Waals surface area contributed by atoms with Crippen LogP contribution in [-0.4, -0.2) is 41.7 Å². The van der Waals surface area contributed by atoms with E-state index in [4.69, 9.17) is 9.94 Å². The normalized spacial score (nSPS) is 22.0. The number of rotatable bonds is 3. The molecule has 0 bridgehead atoms. The summed E-state index contributed by atoms with van der Waals surface area (Å²) in [6.45, 7) is 2.56. The van der Waals surface area contributed by atoms with Crippen molar-refractivity contribution in [2.75, 3.05) is 19.6 Å². The van der Waals surface area contributed by atoms with Gasteiger partial charge >= 0.3 is 5.97 Å². The Balaban J connectivity index is 1.97. The molecule has 0 saturated carbocycles. The molecule has 1 aromatic rings. The van der Waals surface area contributed by atoms with Crippen LogP contribution in [0.2, 0.25) is 0 Å². The second-order valence-corrected chi connectivity index (χ2v) is 4.06. The van der Waals surface area contributed by atoms with Crippen molar-refractivity contribution >= 4 is 5.97 Å². The zero-order valence-electron chi connectivity index (χ0n) is 9.50. The highest BCUT2D eigenvalue weighted by Crippen LogP contribution is 2.07. The van der Waals surface area contributed by atoms with E-state index in [0.29, 0.717) is 13.1 Å². The van der Waals surface area contributed by atoms with Gasteiger partial charge in [-0.2, -0.15) is 0 Å². The highest BCUT2D eigenvalue weighted by molar-refractivity contribution is 5.72. The molecule has 0 aromatic heterocycles. The average Bonchev–Trinajstić information content (AvgIpc) is 2.56. The number of aliphatic carboxylic acids is 1. The minimum Gasteiger partial charge on any atom is -0.479 e. The number of carbonyl (C=O) groups is 1. The molecule has 1 fully saturated rings. The molecule has 1 atom stereocenters. The van der Waals surface area contributed by atoms with Crippen molar-refractivity contribution in [3.63, 3.8) is 0 Å². The third-order valence-corrected chi connectivity index (χ3v) is 2.70. The van der Waals surface area contributed by atoms with Crippen LogP contribution in [0.15, 0.2) is 30.3 Å². The van der Waals surface area contributed by atoms with Gasteiger partial charge in [0.25, 0.3) is 0 Å². The van der Waals surface area contributed by atoms with Gasteiger partial charge in [0.1, 0.15) is 0 Å². The second kappa shape index (κ2) is 5.77. The molecule has 1 saturated heterocycles. The average molecular weight is 236 g/mol. The summed E-state index contributed by atoms with van der Waals surface area (Å²) < 4.78 is 0. The Morgan fingerprint density at radius 2 is 2.24 bits per heavy atom. The van der Waals surface area contributed by atoms with E-state index in [1.54, 1.807) is 0 Å². The number of hydroxylamine groups is 1. The van der Waals surface area contributed by atoms with E-state index in [2.05, 4.69) is 10.4 Å². The summed E-state index contributed by atoms with van der Waals surface area (Å²) in [5.74, 6) is -0.933. The van der Waals surface area contributed by atoms with Crippen LogP contribution >= 0.6 is 0 Å². The van der Waals surface area contributed by atoms with Crippen LogP contribution in [0, 0.1) is 0 Å². The summed E-state index contributed by atoms with van der Waals surface area (Å²) in [7, 11) is 0. The Morgan fingerprint density at radius 1 is 1.47 bits per heavy atom. The fraction of sp³-hybridized carbons (Fsp3) is 0.417. The molecule has 1 aliphatic heterocycles. The van der Waals surface area contributed by atoms with Crippen molar-refractivity contribution in [3.05, 3.63) is 35.9 Å². The van der Waals surface area contributed by atoms with Crippen LogP contribution in [0.5, 0.6) is 0 Å². The standard InChI is InChI=1S/C12H16N2O3/c15-12(16)11-9-14(7-6-13-17-11)8-10-4-2-1-3-5-10/h1-5,11,13H,6-9H2,(H,15,16). The predicted molar refractivity (Wildman–Crippen MR) is 62.2 cm³/mol. The monoisotopic (exact) mass is 236 g/mol. The van der Waals surface area contributed by atoms with E-state index >= 15 is 0 Å². The molecule has 0 radical (unpaired) electrons. The van der Waals surface area contributed by atoms with E-state index in [0.717, 1.165) is 13.1 Å². The molecular weight excluding hydrogens is 220 g/mol. The van der Waals surface area contributed by atoms with Crippen LogP contribution < -0.4 is 5.48 Å². The first-order chi connectivity index (χ1) is 8.25. The molecule has 0 aliphatic carbocycles. The van der Waals surface area contributed by atoms with Crippen molar-refractivity contribution in [2.45, 2.75) is 12.6 Å². The minimum absolute atomic E-state index is 0.400. The molecular formula is C12H16N2O3. The summed E-state index contributed by atoms with van der Waals surface area (Å²) in [6.07, 6.45) is -0.804. The number of carboxylic acids is 1. The maximum atomic E-state index is 10.9. The van der Waals surface area contributed by atoms with E-state index in [1.807, 2.05) is 30.3 Å². The van der Waals surface area contributed by atoms with Crippen molar-refractivity contribution in [1.29, 1.82) is 0 Å². The van der Waals surface area contributed by atoms with Gasteiger partial charge in [-0.3, -0.25) is 9.74 Å². The Morgan fingerprint density at radius 3 is 2.94 bits per heavy atom. The van der Waals surface area contributed by atoms with Crippen molar-refractivity contribution < 1.29 is 14.7 Å². The summed E-state index contributed by atoms with van der Waals surface area (Å²) in [5, 5.41) is 8.96. The number of hydrogen-bond acceptors (Lipinski definition) is 4. The van der Waals surface area contributed by atoms with Gasteiger partial charge < -0.3 is 5.11 Å². The van der Waals surface area contributed by atoms with Crippen LogP contribution in [-0.2, 0) is 16.2 Å². The minimum atomic E-state index is -0.933. The first kappa shape index (κ1) is 12.0. The lowest BCUT2D eigenvalue weighted by Gasteiger charge is -2.20. The third-order valence-electron chi connectivity index (χ3n) is 2.70. The van der Waals surface area contributed by atoms with E-state index in [-0.39, 0.29) is 0 Å². The summed E-state index contributed by atoms with van der Waals surface area (Å²) in [6, 6.07) is 10.0. The highest BCUT2D eigenvalue weighted by Gasteiger charge is 2.24. The second-order valence-electron chi connectivity index (χ2n) is 4.06. The zero-order valence-corrected chi connectivity index (χ0v) is 9.50. The van der Waals surface area contributed by atoms with Crippen LogP contribution in [0.25, 0.3) is 0 Å². The van der Waals surface area contributed by atoms with Gasteiger partial charge in [-0.05, 0) is 5.56 Å². The Bertz CT molecular complexity index is 369. The van der Waals surface area contributed by atoms with Gasteiger partial charge in [0.05, 0.1) is 0 Å². The number of nitrogens with one attached hydrogen (secondary N) is 1. The maximum Gasteiger partial charge on any atom is 0.336 e. The first-order valence-corrected chi connectivity index (χ1v) is 5.63. The molecule has 1 aliphatic rings. The topological polar surface area (TPSA) is 61.8 Å². The first-order valence-electron chi connectivity index (χ1n) is 5.63. The van der Waals surface area contributed by atoms with Crippen LogP contribution in [0.4, 0.5) is 0 Å². The van der Waals surface area contributed by atoms with Crippen molar-refractivity contribution in [2.24, 2.45) is 0 Å². The lowest BCUT2D eigenvalue weighted by molar-refractivity contribution is -0.155. The third kappa shape index (κ3) is 3.52. The summed E-state index contributed by atoms with van der Waals surface area (Å²) in [4.78, 5) is 18.0. The van der Waals surface area contributed by atoms with Crippen LogP contribution in [0.1, 0.15) is 5.56 Å². The van der Waals surface area contributed by atoms with Gasteiger partial charge in [-0.15, -0.1) is 0 Å². The molecule has 17 heavy (non-hydrogen) atoms. The lowest BCUT2D eigenvalue weighted by Crippen LogP contribution is -2.36. The number of nitrogens with zero attached hydrogens (tertiary/aromatic N) is 1. The molecule has 1 aromatic carbocycles. The Hall–Kier alpha value is -1.43. The lowest BCUT2D eigenvalue weighted by atomic mass is 10.2. The Labute approximate surface area is 99.9 Å². The molecule has 1 unspecified atom stereocenters. The predicted octanol–water partition coefficient (Wildman–Crippen LogP) is 0.477. The molecule has 1 heterocycles. The highest BCUT2D eigenvalue weighted by atomic mass is 16.7. The SMILES string of the molecule is O=C(O)C1CN(Cc2ccccc2)CCNO1. The van der Waals surface area contributed by atoms with E-state index in [9.17, 15) is 4.79 Å². The molecule has 2 N–H and O–H groups in total. The van der Waals surface area contributed by atoms with Gasteiger partial charge in [0.2, 0.25) is 0 Å². The Kier molecular flexibility index (Phi) is 4.08. The fourth-order valence-electron chi connectivity index (χ4n) is 1.84. The van der Waals surface area contributed by atoms with Crippen molar-refractivity contribution in [3.8, 4) is 0 Å². The maximum absolute atomic E-state index is 10.9. The molecule has 0 spiro atoms. The van der Waals surface area contributed by atoms with Gasteiger partial charge in [0, 0.05) is 26.2 Å². The zero-order chi connectivity index (χ0) is 12.1. The summed E-state index contributed by atoms with van der Waals surface area (Å²) in [5.41, 5.74) is 3.85. The fourth-order valence-corrected chi connectivity index (χ4v) is 1.84. The largest absolute Gasteiger partial charge is 0.479 e. The summed E-state index contributed by atoms with van der Waals surface area (Å²) >= 11 is 0. The van der Waals surface area contributed by atoms with E-state index < -0.39 is 12.1 Å². The van der Waals surface area contributed by atoms with Gasteiger partial charge in [-0.25, -0.2) is 10.3 Å². The van der Waals surface area contributed by atoms with Crippen molar-refractivity contribution in [1.82, 2.24) is 10.4 Å². The smallest absolute Gasteiger partial charge is 0.336 e. The van der Waals surface area contributed by atoms with Gasteiger partial charge in [-0.1, -0.05) is 30.3 Å². The molecule has 0 amide bonds. The molecule has 2 rings (SSSR count). The molecule has 5 nitrogen and oxygen atoms in total. The number of benzene rings is 1. The number of carboxylic acid groups (broad SMARTS) is 1. The van der Waals surface area contributed by atoms with Gasteiger partial charge in [0.15, 0.2) is 6.10 Å². The van der Waals surface area contributed by atoms with Crippen LogP contribution in [0.3, 0.4) is 0 Å². The quantitative estimate of drug-likeness (QED) is 0.799. The number of hydrogen-bond donors (Lipinski definition) is 2. The molecule has 92 valence electrons. The van der Waals surface area contributed by atoms with E-state index in [1.165, 1.54) is 5.56 Å².